The van der Waals surface area contributed by atoms with Gasteiger partial charge < -0.3 is 4.90 Å². The Morgan fingerprint density at radius 2 is 2.06 bits per heavy atom. The molecule has 0 unspecified atom stereocenters. The third kappa shape index (κ3) is 2.01. The number of halogens is 3. The van der Waals surface area contributed by atoms with E-state index >= 15 is 0 Å². The van der Waals surface area contributed by atoms with Crippen LogP contribution >= 0.6 is 0 Å². The maximum atomic E-state index is 12.8. The zero-order chi connectivity index (χ0) is 12.6. The van der Waals surface area contributed by atoms with Gasteiger partial charge in [0.2, 0.25) is 0 Å². The summed E-state index contributed by atoms with van der Waals surface area (Å²) in [4.78, 5) is 13.4. The molecule has 1 aliphatic rings. The van der Waals surface area contributed by atoms with E-state index in [0.29, 0.717) is 13.1 Å². The molecular formula is C12H12F3NO. The van der Waals surface area contributed by atoms with Crippen molar-refractivity contribution in [1.29, 1.82) is 0 Å². The first kappa shape index (κ1) is 12.0. The standard InChI is InChI=1S/C12H12F3NO/c1-2-16-7-6-8-9(11(16)17)4-3-5-10(8)12(13,14)15/h3-5H,2,6-7H2,1H3. The minimum absolute atomic E-state index is 0.134. The lowest BCUT2D eigenvalue weighted by atomic mass is 9.93. The van der Waals surface area contributed by atoms with E-state index in [1.807, 2.05) is 6.92 Å². The van der Waals surface area contributed by atoms with Crippen molar-refractivity contribution in [1.82, 2.24) is 4.90 Å². The van der Waals surface area contributed by atoms with Crippen LogP contribution in [0.2, 0.25) is 0 Å². The van der Waals surface area contributed by atoms with Gasteiger partial charge in [-0.25, -0.2) is 0 Å². The van der Waals surface area contributed by atoms with Gasteiger partial charge >= 0.3 is 6.18 Å². The first-order valence-electron chi connectivity index (χ1n) is 5.43. The topological polar surface area (TPSA) is 20.3 Å². The summed E-state index contributed by atoms with van der Waals surface area (Å²) in [7, 11) is 0. The Hall–Kier alpha value is -1.52. The van der Waals surface area contributed by atoms with E-state index in [-0.39, 0.29) is 23.5 Å². The number of amides is 1. The Morgan fingerprint density at radius 3 is 2.65 bits per heavy atom. The average Bonchev–Trinajstić information content (AvgIpc) is 2.28. The van der Waals surface area contributed by atoms with Crippen molar-refractivity contribution in [2.24, 2.45) is 0 Å². The number of hydrogen-bond donors (Lipinski definition) is 0. The highest BCUT2D eigenvalue weighted by atomic mass is 19.4. The highest BCUT2D eigenvalue weighted by Crippen LogP contribution is 2.35. The summed E-state index contributed by atoms with van der Waals surface area (Å²) in [6, 6.07) is 3.79. The van der Waals surface area contributed by atoms with E-state index in [0.717, 1.165) is 6.07 Å². The van der Waals surface area contributed by atoms with Crippen LogP contribution in [0.4, 0.5) is 13.2 Å². The van der Waals surface area contributed by atoms with Gasteiger partial charge in [0.05, 0.1) is 5.56 Å². The van der Waals surface area contributed by atoms with E-state index < -0.39 is 11.7 Å². The minimum atomic E-state index is -4.39. The van der Waals surface area contributed by atoms with Gasteiger partial charge in [0.25, 0.3) is 5.91 Å². The van der Waals surface area contributed by atoms with E-state index in [2.05, 4.69) is 0 Å². The maximum Gasteiger partial charge on any atom is 0.416 e. The minimum Gasteiger partial charge on any atom is -0.339 e. The maximum absolute atomic E-state index is 12.8. The number of carbonyl (C=O) groups excluding carboxylic acids is 1. The molecule has 0 aliphatic carbocycles. The highest BCUT2D eigenvalue weighted by Gasteiger charge is 2.36. The fourth-order valence-electron chi connectivity index (χ4n) is 2.14. The van der Waals surface area contributed by atoms with Gasteiger partial charge in [-0.3, -0.25) is 4.79 Å². The third-order valence-corrected chi connectivity index (χ3v) is 3.01. The van der Waals surface area contributed by atoms with Gasteiger partial charge in [-0.05, 0) is 31.0 Å². The molecule has 0 saturated carbocycles. The normalized spacial score (nSPS) is 16.0. The lowest BCUT2D eigenvalue weighted by Gasteiger charge is -2.29. The van der Waals surface area contributed by atoms with E-state index in [4.69, 9.17) is 0 Å². The summed E-state index contributed by atoms with van der Waals surface area (Å²) < 4.78 is 38.3. The van der Waals surface area contributed by atoms with Crippen molar-refractivity contribution in [3.05, 3.63) is 34.9 Å². The van der Waals surface area contributed by atoms with E-state index in [1.165, 1.54) is 12.1 Å². The SMILES string of the molecule is CCN1CCc2c(cccc2C(F)(F)F)C1=O. The second-order valence-electron chi connectivity index (χ2n) is 3.96. The highest BCUT2D eigenvalue weighted by molar-refractivity contribution is 5.97. The number of alkyl halides is 3. The first-order valence-corrected chi connectivity index (χ1v) is 5.43. The molecule has 2 rings (SSSR count). The number of nitrogens with zero attached hydrogens (tertiary/aromatic N) is 1. The van der Waals surface area contributed by atoms with Gasteiger partial charge in [-0.2, -0.15) is 13.2 Å². The second kappa shape index (κ2) is 4.05. The molecule has 92 valence electrons. The van der Waals surface area contributed by atoms with Crippen molar-refractivity contribution in [3.63, 3.8) is 0 Å². The molecule has 0 spiro atoms. The van der Waals surface area contributed by atoms with Crippen LogP contribution in [0.3, 0.4) is 0 Å². The smallest absolute Gasteiger partial charge is 0.339 e. The molecular weight excluding hydrogens is 231 g/mol. The molecule has 2 nitrogen and oxygen atoms in total. The van der Waals surface area contributed by atoms with Crippen LogP contribution in [0.15, 0.2) is 18.2 Å². The number of carbonyl (C=O) groups is 1. The van der Waals surface area contributed by atoms with Gasteiger partial charge in [-0.1, -0.05) is 6.07 Å². The largest absolute Gasteiger partial charge is 0.416 e. The molecule has 0 aromatic heterocycles. The zero-order valence-electron chi connectivity index (χ0n) is 9.34. The molecule has 0 saturated heterocycles. The fourth-order valence-corrected chi connectivity index (χ4v) is 2.14. The first-order chi connectivity index (χ1) is 7.95. The third-order valence-electron chi connectivity index (χ3n) is 3.01. The Labute approximate surface area is 97.0 Å². The number of rotatable bonds is 1. The molecule has 0 fully saturated rings. The predicted octanol–water partition coefficient (Wildman–Crippen LogP) is 2.72. The Morgan fingerprint density at radius 1 is 1.35 bits per heavy atom. The van der Waals surface area contributed by atoms with Crippen LogP contribution in [0.5, 0.6) is 0 Å². The molecule has 17 heavy (non-hydrogen) atoms. The molecule has 0 bridgehead atoms. The van der Waals surface area contributed by atoms with Crippen LogP contribution < -0.4 is 0 Å². The molecule has 1 heterocycles. The van der Waals surface area contributed by atoms with Crippen molar-refractivity contribution in [2.45, 2.75) is 19.5 Å². The number of likely N-dealkylation sites (N-methyl/N-ethyl adjacent to an activating group) is 1. The number of hydrogen-bond acceptors (Lipinski definition) is 1. The van der Waals surface area contributed by atoms with Gasteiger partial charge in [0.15, 0.2) is 0 Å². The van der Waals surface area contributed by atoms with Crippen LogP contribution in [0.25, 0.3) is 0 Å². The van der Waals surface area contributed by atoms with Crippen molar-refractivity contribution in [3.8, 4) is 0 Å². The summed E-state index contributed by atoms with van der Waals surface area (Å²) in [5.74, 6) is -0.306. The molecule has 0 radical (unpaired) electrons. The summed E-state index contributed by atoms with van der Waals surface area (Å²) in [5, 5.41) is 0. The number of benzene rings is 1. The van der Waals surface area contributed by atoms with Crippen LogP contribution in [0.1, 0.15) is 28.4 Å². The Bertz CT molecular complexity index is 454. The van der Waals surface area contributed by atoms with Crippen LogP contribution in [-0.2, 0) is 12.6 Å². The lowest BCUT2D eigenvalue weighted by Crippen LogP contribution is -2.38. The van der Waals surface area contributed by atoms with E-state index in [9.17, 15) is 18.0 Å². The molecule has 5 heteroatoms. The zero-order valence-corrected chi connectivity index (χ0v) is 9.34. The van der Waals surface area contributed by atoms with E-state index in [1.54, 1.807) is 4.90 Å². The summed E-state index contributed by atoms with van der Waals surface area (Å²) in [6.07, 6.45) is -4.12. The number of fused-ring (bicyclic) bond motifs is 1. The fraction of sp³-hybridized carbons (Fsp3) is 0.417. The summed E-state index contributed by atoms with van der Waals surface area (Å²) >= 11 is 0. The Balaban J connectivity index is 2.51. The molecule has 1 aromatic carbocycles. The average molecular weight is 243 g/mol. The van der Waals surface area contributed by atoms with Gasteiger partial charge in [-0.15, -0.1) is 0 Å². The monoisotopic (exact) mass is 243 g/mol. The summed E-state index contributed by atoms with van der Waals surface area (Å²) in [5.41, 5.74) is -0.360. The molecule has 1 amide bonds. The quantitative estimate of drug-likeness (QED) is 0.742. The van der Waals surface area contributed by atoms with Gasteiger partial charge in [0, 0.05) is 18.7 Å². The molecule has 1 aliphatic heterocycles. The molecule has 0 atom stereocenters. The Kier molecular flexibility index (Phi) is 2.85. The van der Waals surface area contributed by atoms with Crippen LogP contribution in [0, 0.1) is 0 Å². The summed E-state index contributed by atoms with van der Waals surface area (Å²) in [6.45, 7) is 2.69. The van der Waals surface area contributed by atoms with Gasteiger partial charge in [0.1, 0.15) is 0 Å². The lowest BCUT2D eigenvalue weighted by molar-refractivity contribution is -0.138. The van der Waals surface area contributed by atoms with Crippen molar-refractivity contribution in [2.75, 3.05) is 13.1 Å². The van der Waals surface area contributed by atoms with Crippen molar-refractivity contribution >= 4 is 5.91 Å². The predicted molar refractivity (Wildman–Crippen MR) is 56.7 cm³/mol. The second-order valence-corrected chi connectivity index (χ2v) is 3.96. The van der Waals surface area contributed by atoms with Crippen molar-refractivity contribution < 1.29 is 18.0 Å². The molecule has 1 aromatic rings. The van der Waals surface area contributed by atoms with Crippen LogP contribution in [-0.4, -0.2) is 23.9 Å². The molecule has 0 N–H and O–H groups in total.